The minimum Gasteiger partial charge on any atom is -0.489 e. The highest BCUT2D eigenvalue weighted by atomic mass is 19.1. The molecule has 0 radical (unpaired) electrons. The SMILES string of the molecule is CC(C)COC(=O)N(N)c1ccc(OCc2ccc(F)cc2)cc1. The molecule has 2 aromatic rings. The van der Waals surface area contributed by atoms with E-state index in [1.54, 1.807) is 36.4 Å². The van der Waals surface area contributed by atoms with Crippen LogP contribution in [0.1, 0.15) is 19.4 Å². The first-order valence-electron chi connectivity index (χ1n) is 7.64. The third-order valence-corrected chi connectivity index (χ3v) is 3.17. The predicted molar refractivity (Wildman–Crippen MR) is 90.0 cm³/mol. The lowest BCUT2D eigenvalue weighted by Gasteiger charge is -2.17. The van der Waals surface area contributed by atoms with Crippen molar-refractivity contribution in [1.29, 1.82) is 0 Å². The Morgan fingerprint density at radius 2 is 1.75 bits per heavy atom. The first kappa shape index (κ1) is 17.7. The Bertz CT molecular complexity index is 657. The van der Waals surface area contributed by atoms with Crippen molar-refractivity contribution in [1.82, 2.24) is 0 Å². The Balaban J connectivity index is 1.89. The van der Waals surface area contributed by atoms with Crippen molar-refractivity contribution in [3.05, 3.63) is 59.9 Å². The Hall–Kier alpha value is -2.60. The van der Waals surface area contributed by atoms with Gasteiger partial charge in [-0.15, -0.1) is 0 Å². The van der Waals surface area contributed by atoms with Crippen LogP contribution in [0.3, 0.4) is 0 Å². The molecule has 2 N–H and O–H groups in total. The fourth-order valence-corrected chi connectivity index (χ4v) is 1.86. The first-order valence-corrected chi connectivity index (χ1v) is 7.64. The summed E-state index contributed by atoms with van der Waals surface area (Å²) in [6, 6.07) is 12.8. The summed E-state index contributed by atoms with van der Waals surface area (Å²) in [6.45, 7) is 4.52. The molecule has 0 aliphatic rings. The first-order chi connectivity index (χ1) is 11.5. The third kappa shape index (κ3) is 5.24. The molecule has 0 aliphatic carbocycles. The maximum Gasteiger partial charge on any atom is 0.428 e. The van der Waals surface area contributed by atoms with E-state index < -0.39 is 6.09 Å². The molecule has 0 saturated heterocycles. The molecule has 0 unspecified atom stereocenters. The average molecular weight is 332 g/mol. The number of carbonyl (C=O) groups excluding carboxylic acids is 1. The van der Waals surface area contributed by atoms with Crippen LogP contribution in [0.2, 0.25) is 0 Å². The summed E-state index contributed by atoms with van der Waals surface area (Å²) in [5, 5.41) is 0.951. The number of hydrazine groups is 1. The van der Waals surface area contributed by atoms with Gasteiger partial charge in [-0.1, -0.05) is 26.0 Å². The monoisotopic (exact) mass is 332 g/mol. The summed E-state index contributed by atoms with van der Waals surface area (Å²) < 4.78 is 23.5. The molecule has 0 spiro atoms. The van der Waals surface area contributed by atoms with E-state index in [9.17, 15) is 9.18 Å². The molecule has 0 fully saturated rings. The van der Waals surface area contributed by atoms with Crippen molar-refractivity contribution >= 4 is 11.8 Å². The Morgan fingerprint density at radius 1 is 1.12 bits per heavy atom. The number of carbonyl (C=O) groups is 1. The zero-order chi connectivity index (χ0) is 17.5. The molecule has 128 valence electrons. The quantitative estimate of drug-likeness (QED) is 0.495. The molecule has 2 aromatic carbocycles. The summed E-state index contributed by atoms with van der Waals surface area (Å²) >= 11 is 0. The second-order valence-electron chi connectivity index (χ2n) is 5.75. The molecule has 0 atom stereocenters. The van der Waals surface area contributed by atoms with Crippen LogP contribution < -0.4 is 15.6 Å². The van der Waals surface area contributed by atoms with Crippen molar-refractivity contribution in [2.75, 3.05) is 11.6 Å². The largest absolute Gasteiger partial charge is 0.489 e. The van der Waals surface area contributed by atoms with Crippen LogP contribution in [0.15, 0.2) is 48.5 Å². The van der Waals surface area contributed by atoms with Gasteiger partial charge in [-0.25, -0.2) is 20.0 Å². The molecule has 1 amide bonds. The molecule has 24 heavy (non-hydrogen) atoms. The fraction of sp³-hybridized carbons (Fsp3) is 0.278. The van der Waals surface area contributed by atoms with Crippen LogP contribution in [0, 0.1) is 11.7 Å². The van der Waals surface area contributed by atoms with Gasteiger partial charge in [0.2, 0.25) is 0 Å². The molecule has 0 saturated carbocycles. The van der Waals surface area contributed by atoms with Crippen LogP contribution >= 0.6 is 0 Å². The summed E-state index contributed by atoms with van der Waals surface area (Å²) in [4.78, 5) is 11.8. The topological polar surface area (TPSA) is 64.8 Å². The van der Waals surface area contributed by atoms with Crippen molar-refractivity contribution in [3.63, 3.8) is 0 Å². The van der Waals surface area contributed by atoms with Crippen LogP contribution in [0.5, 0.6) is 5.75 Å². The zero-order valence-corrected chi connectivity index (χ0v) is 13.7. The van der Waals surface area contributed by atoms with E-state index in [1.807, 2.05) is 13.8 Å². The molecule has 6 heteroatoms. The van der Waals surface area contributed by atoms with Crippen molar-refractivity contribution in [3.8, 4) is 5.75 Å². The van der Waals surface area contributed by atoms with Crippen molar-refractivity contribution in [2.24, 2.45) is 11.8 Å². The zero-order valence-electron chi connectivity index (χ0n) is 13.7. The van der Waals surface area contributed by atoms with Gasteiger partial charge in [-0.3, -0.25) is 0 Å². The number of halogens is 1. The Morgan fingerprint density at radius 3 is 2.33 bits per heavy atom. The standard InChI is InChI=1S/C18H21FN2O3/c1-13(2)11-24-18(22)21(20)16-7-9-17(10-8-16)23-12-14-3-5-15(19)6-4-14/h3-10,13H,11-12,20H2,1-2H3. The molecular formula is C18H21FN2O3. The minimum atomic E-state index is -0.608. The summed E-state index contributed by atoms with van der Waals surface area (Å²) in [5.41, 5.74) is 1.36. The second kappa shape index (κ2) is 8.31. The molecule has 0 aliphatic heterocycles. The van der Waals surface area contributed by atoms with E-state index >= 15 is 0 Å². The number of anilines is 1. The number of amides is 1. The number of benzene rings is 2. The normalized spacial score (nSPS) is 10.5. The van der Waals surface area contributed by atoms with Gasteiger partial charge in [0.05, 0.1) is 12.3 Å². The molecule has 0 aromatic heterocycles. The van der Waals surface area contributed by atoms with Gasteiger partial charge in [-0.05, 0) is 47.9 Å². The Kier molecular flexibility index (Phi) is 6.14. The smallest absolute Gasteiger partial charge is 0.428 e. The number of hydrogen-bond acceptors (Lipinski definition) is 4. The molecule has 0 heterocycles. The van der Waals surface area contributed by atoms with Gasteiger partial charge in [0.1, 0.15) is 18.2 Å². The van der Waals surface area contributed by atoms with Crippen LogP contribution in [-0.4, -0.2) is 12.7 Å². The van der Waals surface area contributed by atoms with Crippen LogP contribution in [0.25, 0.3) is 0 Å². The number of hydrogen-bond donors (Lipinski definition) is 1. The Labute approximate surface area is 140 Å². The number of rotatable bonds is 6. The van der Waals surface area contributed by atoms with Gasteiger partial charge in [-0.2, -0.15) is 0 Å². The van der Waals surface area contributed by atoms with Gasteiger partial charge < -0.3 is 9.47 Å². The van der Waals surface area contributed by atoms with Gasteiger partial charge in [0.25, 0.3) is 0 Å². The van der Waals surface area contributed by atoms with Gasteiger partial charge >= 0.3 is 6.09 Å². The number of nitrogens with zero attached hydrogens (tertiary/aromatic N) is 1. The lowest BCUT2D eigenvalue weighted by molar-refractivity contribution is 0.140. The summed E-state index contributed by atoms with van der Waals surface area (Å²) in [5.74, 6) is 6.31. The van der Waals surface area contributed by atoms with E-state index in [2.05, 4.69) is 0 Å². The van der Waals surface area contributed by atoms with Gasteiger partial charge in [0, 0.05) is 0 Å². The number of nitrogens with two attached hydrogens (primary N) is 1. The van der Waals surface area contributed by atoms with E-state index in [4.69, 9.17) is 15.3 Å². The fourth-order valence-electron chi connectivity index (χ4n) is 1.86. The predicted octanol–water partition coefficient (Wildman–Crippen LogP) is 3.88. The minimum absolute atomic E-state index is 0.240. The van der Waals surface area contributed by atoms with Crippen molar-refractivity contribution < 1.29 is 18.7 Å². The summed E-state index contributed by atoms with van der Waals surface area (Å²) in [6.07, 6.45) is -0.608. The molecular weight excluding hydrogens is 311 g/mol. The molecule has 2 rings (SSSR count). The highest BCUT2D eigenvalue weighted by Gasteiger charge is 2.13. The third-order valence-electron chi connectivity index (χ3n) is 3.17. The maximum absolute atomic E-state index is 12.8. The van der Waals surface area contributed by atoms with Crippen LogP contribution in [0.4, 0.5) is 14.9 Å². The lowest BCUT2D eigenvalue weighted by Crippen LogP contribution is -2.38. The highest BCUT2D eigenvalue weighted by Crippen LogP contribution is 2.19. The number of ether oxygens (including phenoxy) is 2. The molecule has 5 nitrogen and oxygen atoms in total. The van der Waals surface area contributed by atoms with E-state index in [1.165, 1.54) is 12.1 Å². The molecule has 0 bridgehead atoms. The van der Waals surface area contributed by atoms with E-state index in [0.29, 0.717) is 24.7 Å². The second-order valence-corrected chi connectivity index (χ2v) is 5.75. The maximum atomic E-state index is 12.8. The van der Waals surface area contributed by atoms with Gasteiger partial charge in [0.15, 0.2) is 0 Å². The van der Waals surface area contributed by atoms with Crippen molar-refractivity contribution in [2.45, 2.75) is 20.5 Å². The summed E-state index contributed by atoms with van der Waals surface area (Å²) in [7, 11) is 0. The van der Waals surface area contributed by atoms with E-state index in [-0.39, 0.29) is 11.7 Å². The highest BCUT2D eigenvalue weighted by molar-refractivity contribution is 5.86. The van der Waals surface area contributed by atoms with E-state index in [0.717, 1.165) is 10.6 Å². The average Bonchev–Trinajstić information content (AvgIpc) is 2.59. The van der Waals surface area contributed by atoms with Crippen LogP contribution in [-0.2, 0) is 11.3 Å². The lowest BCUT2D eigenvalue weighted by atomic mass is 10.2.